The van der Waals surface area contributed by atoms with Crippen LogP contribution in [0.25, 0.3) is 0 Å². The van der Waals surface area contributed by atoms with Crippen molar-refractivity contribution in [3.05, 3.63) is 29.8 Å². The van der Waals surface area contributed by atoms with Crippen LogP contribution in [-0.4, -0.2) is 74.0 Å². The lowest BCUT2D eigenvalue weighted by Crippen LogP contribution is -2.50. The fourth-order valence-corrected chi connectivity index (χ4v) is 3.79. The first-order chi connectivity index (χ1) is 11.7. The number of hydrogen-bond donors (Lipinski definition) is 0. The molecule has 5 heteroatoms. The smallest absolute Gasteiger partial charge is 0.236 e. The van der Waals surface area contributed by atoms with Gasteiger partial charge in [-0.2, -0.15) is 0 Å². The maximum Gasteiger partial charge on any atom is 0.236 e. The summed E-state index contributed by atoms with van der Waals surface area (Å²) in [4.78, 5) is 19.3. The molecular weight excluding hydrogens is 302 g/mol. The van der Waals surface area contributed by atoms with E-state index in [1.165, 1.54) is 12.0 Å². The Labute approximate surface area is 145 Å². The first kappa shape index (κ1) is 17.2. The number of rotatable bonds is 4. The summed E-state index contributed by atoms with van der Waals surface area (Å²) in [5.41, 5.74) is 1.21. The number of methoxy groups -OCH3 is 1. The number of piperidine rings is 1. The van der Waals surface area contributed by atoms with E-state index in [9.17, 15) is 4.79 Å². The Morgan fingerprint density at radius 2 is 1.88 bits per heavy atom. The molecule has 1 aromatic carbocycles. The molecule has 2 aliphatic rings. The maximum atomic E-state index is 12.6. The van der Waals surface area contributed by atoms with Gasteiger partial charge in [0.25, 0.3) is 0 Å². The van der Waals surface area contributed by atoms with Gasteiger partial charge in [0.05, 0.1) is 19.7 Å². The number of amides is 1. The largest absolute Gasteiger partial charge is 0.496 e. The number of carbonyl (C=O) groups is 1. The molecule has 0 N–H and O–H groups in total. The summed E-state index contributed by atoms with van der Waals surface area (Å²) in [7, 11) is 3.88. The number of benzene rings is 1. The van der Waals surface area contributed by atoms with Gasteiger partial charge in [0.15, 0.2) is 0 Å². The Morgan fingerprint density at radius 3 is 2.62 bits per heavy atom. The Bertz CT molecular complexity index is 557. The van der Waals surface area contributed by atoms with Crippen LogP contribution in [0.15, 0.2) is 24.3 Å². The van der Waals surface area contributed by atoms with Crippen LogP contribution < -0.4 is 4.74 Å². The lowest BCUT2D eigenvalue weighted by molar-refractivity contribution is -0.134. The van der Waals surface area contributed by atoms with Gasteiger partial charge in [-0.1, -0.05) is 18.2 Å². The van der Waals surface area contributed by atoms with Crippen LogP contribution in [0, 0.1) is 0 Å². The average Bonchev–Trinajstić information content (AvgIpc) is 2.64. The van der Waals surface area contributed by atoms with Crippen molar-refractivity contribution in [1.82, 2.24) is 14.7 Å². The SMILES string of the molecule is COc1ccccc1C1CN(CC(=O)N2CCCCC2)CCN1C. The quantitative estimate of drug-likeness (QED) is 0.845. The highest BCUT2D eigenvalue weighted by Gasteiger charge is 2.29. The zero-order chi connectivity index (χ0) is 16.9. The number of piperazine rings is 1. The minimum atomic E-state index is 0.268. The second kappa shape index (κ2) is 7.99. The van der Waals surface area contributed by atoms with Crippen LogP contribution in [-0.2, 0) is 4.79 Å². The molecule has 2 saturated heterocycles. The lowest BCUT2D eigenvalue weighted by atomic mass is 10.0. The molecule has 3 rings (SSSR count). The molecule has 1 amide bonds. The number of nitrogens with zero attached hydrogens (tertiary/aromatic N) is 3. The molecule has 2 aliphatic heterocycles. The molecule has 2 fully saturated rings. The lowest BCUT2D eigenvalue weighted by Gasteiger charge is -2.40. The van der Waals surface area contributed by atoms with E-state index in [0.717, 1.165) is 51.3 Å². The predicted octanol–water partition coefficient (Wildman–Crippen LogP) is 2.00. The van der Waals surface area contributed by atoms with Crippen molar-refractivity contribution >= 4 is 5.91 Å². The molecule has 1 atom stereocenters. The van der Waals surface area contributed by atoms with E-state index in [-0.39, 0.29) is 11.9 Å². The molecule has 0 saturated carbocycles. The Kier molecular flexibility index (Phi) is 5.74. The minimum Gasteiger partial charge on any atom is -0.496 e. The second-order valence-corrected chi connectivity index (χ2v) is 6.91. The number of para-hydroxylation sites is 1. The van der Waals surface area contributed by atoms with Gasteiger partial charge in [0.2, 0.25) is 5.91 Å². The summed E-state index contributed by atoms with van der Waals surface area (Å²) in [6, 6.07) is 8.48. The molecule has 1 aromatic rings. The van der Waals surface area contributed by atoms with Crippen molar-refractivity contribution in [2.75, 3.05) is 53.4 Å². The van der Waals surface area contributed by atoms with E-state index in [0.29, 0.717) is 6.54 Å². The van der Waals surface area contributed by atoms with E-state index in [4.69, 9.17) is 4.74 Å². The summed E-state index contributed by atoms with van der Waals surface area (Å²) in [6.45, 7) is 5.19. The van der Waals surface area contributed by atoms with Crippen molar-refractivity contribution in [3.63, 3.8) is 0 Å². The second-order valence-electron chi connectivity index (χ2n) is 6.91. The van der Waals surface area contributed by atoms with Crippen LogP contribution in [0.2, 0.25) is 0 Å². The van der Waals surface area contributed by atoms with Crippen LogP contribution in [0.3, 0.4) is 0 Å². The zero-order valence-electron chi connectivity index (χ0n) is 14.9. The zero-order valence-corrected chi connectivity index (χ0v) is 14.9. The van der Waals surface area contributed by atoms with Crippen molar-refractivity contribution < 1.29 is 9.53 Å². The van der Waals surface area contributed by atoms with E-state index in [1.54, 1.807) is 7.11 Å². The monoisotopic (exact) mass is 331 g/mol. The third-order valence-corrected chi connectivity index (χ3v) is 5.30. The number of likely N-dealkylation sites (tertiary alicyclic amines) is 1. The minimum absolute atomic E-state index is 0.268. The van der Waals surface area contributed by atoms with Gasteiger partial charge in [-0.25, -0.2) is 0 Å². The molecule has 2 heterocycles. The van der Waals surface area contributed by atoms with Gasteiger partial charge in [0.1, 0.15) is 5.75 Å². The molecule has 1 unspecified atom stereocenters. The van der Waals surface area contributed by atoms with Crippen LogP contribution in [0.5, 0.6) is 5.75 Å². The van der Waals surface area contributed by atoms with Crippen LogP contribution in [0.1, 0.15) is 30.9 Å². The molecule has 0 aromatic heterocycles. The fourth-order valence-electron chi connectivity index (χ4n) is 3.79. The Balaban J connectivity index is 1.65. The molecule has 0 aliphatic carbocycles. The summed E-state index contributed by atoms with van der Waals surface area (Å²) in [6.07, 6.45) is 3.56. The molecular formula is C19H29N3O2. The molecule has 0 spiro atoms. The molecule has 0 radical (unpaired) electrons. The third kappa shape index (κ3) is 3.90. The van der Waals surface area contributed by atoms with Gasteiger partial charge in [-0.15, -0.1) is 0 Å². The maximum absolute atomic E-state index is 12.6. The third-order valence-electron chi connectivity index (χ3n) is 5.30. The average molecular weight is 331 g/mol. The topological polar surface area (TPSA) is 36.0 Å². The Hall–Kier alpha value is -1.59. The van der Waals surface area contributed by atoms with Gasteiger partial charge < -0.3 is 9.64 Å². The standard InChI is InChI=1S/C19H29N3O2/c1-20-12-13-21(15-19(23)22-10-6-3-7-11-22)14-17(20)16-8-4-5-9-18(16)24-2/h4-5,8-9,17H,3,6-7,10-15H2,1-2H3. The number of hydrogen-bond acceptors (Lipinski definition) is 4. The first-order valence-corrected chi connectivity index (χ1v) is 9.02. The predicted molar refractivity (Wildman–Crippen MR) is 95.2 cm³/mol. The summed E-state index contributed by atoms with van der Waals surface area (Å²) in [5.74, 6) is 1.22. The van der Waals surface area contributed by atoms with E-state index < -0.39 is 0 Å². The highest BCUT2D eigenvalue weighted by molar-refractivity contribution is 5.78. The first-order valence-electron chi connectivity index (χ1n) is 9.02. The number of carbonyl (C=O) groups excluding carboxylic acids is 1. The van der Waals surface area contributed by atoms with Gasteiger partial charge in [0, 0.05) is 38.3 Å². The van der Waals surface area contributed by atoms with Crippen LogP contribution in [0.4, 0.5) is 0 Å². The highest BCUT2D eigenvalue weighted by Crippen LogP contribution is 2.31. The van der Waals surface area contributed by atoms with E-state index >= 15 is 0 Å². The summed E-state index contributed by atoms with van der Waals surface area (Å²) in [5, 5.41) is 0. The number of ether oxygens (including phenoxy) is 1. The van der Waals surface area contributed by atoms with Crippen molar-refractivity contribution in [2.45, 2.75) is 25.3 Å². The van der Waals surface area contributed by atoms with Gasteiger partial charge in [-0.05, 0) is 32.4 Å². The van der Waals surface area contributed by atoms with E-state index in [2.05, 4.69) is 29.0 Å². The van der Waals surface area contributed by atoms with Crippen molar-refractivity contribution in [3.8, 4) is 5.75 Å². The molecule has 24 heavy (non-hydrogen) atoms. The van der Waals surface area contributed by atoms with Gasteiger partial charge in [-0.3, -0.25) is 14.6 Å². The van der Waals surface area contributed by atoms with Crippen LogP contribution >= 0.6 is 0 Å². The van der Waals surface area contributed by atoms with Gasteiger partial charge >= 0.3 is 0 Å². The summed E-state index contributed by atoms with van der Waals surface area (Å²) >= 11 is 0. The fraction of sp³-hybridized carbons (Fsp3) is 0.632. The molecule has 0 bridgehead atoms. The summed E-state index contributed by atoms with van der Waals surface area (Å²) < 4.78 is 5.54. The van der Waals surface area contributed by atoms with E-state index in [1.807, 2.05) is 17.0 Å². The molecule has 5 nitrogen and oxygen atoms in total. The van der Waals surface area contributed by atoms with Crippen molar-refractivity contribution in [1.29, 1.82) is 0 Å². The molecule has 132 valence electrons. The normalized spacial score (nSPS) is 23.2. The van der Waals surface area contributed by atoms with Crippen molar-refractivity contribution in [2.24, 2.45) is 0 Å². The number of likely N-dealkylation sites (N-methyl/N-ethyl adjacent to an activating group) is 1. The highest BCUT2D eigenvalue weighted by atomic mass is 16.5. The Morgan fingerprint density at radius 1 is 1.12 bits per heavy atom.